The van der Waals surface area contributed by atoms with Crippen molar-refractivity contribution in [3.05, 3.63) is 30.3 Å². The van der Waals surface area contributed by atoms with E-state index in [9.17, 15) is 9.36 Å². The molecule has 106 valence electrons. The van der Waals surface area contributed by atoms with Crippen molar-refractivity contribution in [3.8, 4) is 0 Å². The standard InChI is InChI=1S/C13H21N2O3P/c1-10(2)9-12(13(16)14-17)15-19(3,18)11-7-5-4-6-8-11/h4-8,10,12,17H,9H2,1-3H3,(H,14,16)(H,15,18)/t12-,19-/m0/s1. The molecule has 5 nitrogen and oxygen atoms in total. The van der Waals surface area contributed by atoms with Crippen molar-refractivity contribution in [3.63, 3.8) is 0 Å². The number of hydrogen-bond donors (Lipinski definition) is 3. The molecule has 3 N–H and O–H groups in total. The molecule has 1 aromatic carbocycles. The Labute approximate surface area is 113 Å². The van der Waals surface area contributed by atoms with E-state index in [-0.39, 0.29) is 5.92 Å². The van der Waals surface area contributed by atoms with Gasteiger partial charge >= 0.3 is 0 Å². The third-order valence-electron chi connectivity index (χ3n) is 2.78. The van der Waals surface area contributed by atoms with Crippen LogP contribution in [0.15, 0.2) is 30.3 Å². The van der Waals surface area contributed by atoms with E-state index < -0.39 is 19.2 Å². The first-order valence-electron chi connectivity index (χ1n) is 6.21. The Morgan fingerprint density at radius 2 is 1.89 bits per heavy atom. The summed E-state index contributed by atoms with van der Waals surface area (Å²) in [5.41, 5.74) is 1.62. The van der Waals surface area contributed by atoms with Crippen molar-refractivity contribution in [1.29, 1.82) is 0 Å². The topological polar surface area (TPSA) is 78.4 Å². The lowest BCUT2D eigenvalue weighted by molar-refractivity contribution is -0.131. The average molecular weight is 284 g/mol. The van der Waals surface area contributed by atoms with Gasteiger partial charge in [0.15, 0.2) is 7.29 Å². The zero-order chi connectivity index (χ0) is 14.5. The van der Waals surface area contributed by atoms with Gasteiger partial charge in [0.2, 0.25) is 0 Å². The number of carbonyl (C=O) groups excluding carboxylic acids is 1. The molecule has 0 aliphatic carbocycles. The van der Waals surface area contributed by atoms with Crippen LogP contribution in [0, 0.1) is 5.92 Å². The summed E-state index contributed by atoms with van der Waals surface area (Å²) in [6, 6.07) is 8.29. The van der Waals surface area contributed by atoms with Gasteiger partial charge < -0.3 is 4.57 Å². The van der Waals surface area contributed by atoms with Crippen LogP contribution in [-0.4, -0.2) is 23.8 Å². The normalized spacial score (nSPS) is 15.8. The second-order valence-electron chi connectivity index (χ2n) is 5.05. The molecule has 0 aliphatic rings. The summed E-state index contributed by atoms with van der Waals surface area (Å²) in [5.74, 6) is -0.322. The molecule has 0 unspecified atom stereocenters. The molecular weight excluding hydrogens is 263 g/mol. The highest BCUT2D eigenvalue weighted by Crippen LogP contribution is 2.36. The number of hydrogen-bond acceptors (Lipinski definition) is 3. The van der Waals surface area contributed by atoms with Gasteiger partial charge in [-0.05, 0) is 12.3 Å². The molecule has 1 aromatic rings. The molecule has 0 spiro atoms. The largest absolute Gasteiger partial charge is 0.302 e. The molecule has 19 heavy (non-hydrogen) atoms. The van der Waals surface area contributed by atoms with Crippen LogP contribution in [0.2, 0.25) is 0 Å². The molecule has 0 radical (unpaired) electrons. The minimum Gasteiger partial charge on any atom is -0.302 e. The van der Waals surface area contributed by atoms with Crippen LogP contribution in [0.4, 0.5) is 0 Å². The smallest absolute Gasteiger partial charge is 0.260 e. The molecule has 0 fully saturated rings. The SMILES string of the molecule is CC(C)C[C@H](N[P@@](C)(=O)c1ccccc1)C(=O)NO. The molecule has 6 heteroatoms. The Balaban J connectivity index is 2.89. The Morgan fingerprint density at radius 3 is 2.37 bits per heavy atom. The quantitative estimate of drug-likeness (QED) is 0.422. The van der Waals surface area contributed by atoms with Gasteiger partial charge in [-0.3, -0.25) is 15.1 Å². The van der Waals surface area contributed by atoms with Crippen LogP contribution >= 0.6 is 7.29 Å². The summed E-state index contributed by atoms with van der Waals surface area (Å²) >= 11 is 0. The fraction of sp³-hybridized carbons (Fsp3) is 0.462. The van der Waals surface area contributed by atoms with E-state index in [1.807, 2.05) is 19.9 Å². The number of amides is 1. The summed E-state index contributed by atoms with van der Waals surface area (Å²) in [6.07, 6.45) is 0.497. The van der Waals surface area contributed by atoms with E-state index in [1.54, 1.807) is 36.4 Å². The maximum atomic E-state index is 12.7. The van der Waals surface area contributed by atoms with E-state index in [4.69, 9.17) is 5.21 Å². The van der Waals surface area contributed by atoms with Crippen molar-refractivity contribution in [1.82, 2.24) is 10.6 Å². The fourth-order valence-electron chi connectivity index (χ4n) is 1.85. The van der Waals surface area contributed by atoms with Crippen molar-refractivity contribution in [2.24, 2.45) is 5.92 Å². The highest BCUT2D eigenvalue weighted by atomic mass is 31.2. The van der Waals surface area contributed by atoms with Gasteiger partial charge in [-0.15, -0.1) is 0 Å². The number of rotatable bonds is 6. The number of benzene rings is 1. The van der Waals surface area contributed by atoms with Crippen molar-refractivity contribution in [2.75, 3.05) is 6.66 Å². The minimum atomic E-state index is -2.85. The van der Waals surface area contributed by atoms with E-state index in [2.05, 4.69) is 5.09 Å². The summed E-state index contributed by atoms with van der Waals surface area (Å²) < 4.78 is 12.7. The molecule has 0 bridgehead atoms. The van der Waals surface area contributed by atoms with Gasteiger partial charge in [0, 0.05) is 12.0 Å². The van der Waals surface area contributed by atoms with Crippen LogP contribution in [0.3, 0.4) is 0 Å². The minimum absolute atomic E-state index is 0.241. The third kappa shape index (κ3) is 4.78. The molecule has 1 rings (SSSR count). The van der Waals surface area contributed by atoms with Gasteiger partial charge in [0.25, 0.3) is 5.91 Å². The Morgan fingerprint density at radius 1 is 1.32 bits per heavy atom. The van der Waals surface area contributed by atoms with Crippen LogP contribution in [0.1, 0.15) is 20.3 Å². The first-order chi connectivity index (χ1) is 8.86. The monoisotopic (exact) mass is 284 g/mol. The number of carbonyl (C=O) groups is 1. The van der Waals surface area contributed by atoms with Crippen LogP contribution in [0.25, 0.3) is 0 Å². The zero-order valence-electron chi connectivity index (χ0n) is 11.5. The lowest BCUT2D eigenvalue weighted by Gasteiger charge is -2.23. The summed E-state index contributed by atoms with van der Waals surface area (Å²) in [7, 11) is -2.85. The number of hydroxylamine groups is 1. The molecule has 2 atom stereocenters. The van der Waals surface area contributed by atoms with Gasteiger partial charge in [-0.1, -0.05) is 44.2 Å². The maximum absolute atomic E-state index is 12.7. The van der Waals surface area contributed by atoms with Crippen molar-refractivity contribution in [2.45, 2.75) is 26.3 Å². The van der Waals surface area contributed by atoms with Gasteiger partial charge in [-0.2, -0.15) is 0 Å². The van der Waals surface area contributed by atoms with Crippen molar-refractivity contribution >= 4 is 18.5 Å². The Bertz CT molecular complexity index is 462. The zero-order valence-corrected chi connectivity index (χ0v) is 12.4. The predicted octanol–water partition coefficient (Wildman–Crippen LogP) is 1.73. The molecule has 0 saturated carbocycles. The van der Waals surface area contributed by atoms with Crippen molar-refractivity contribution < 1.29 is 14.6 Å². The lowest BCUT2D eigenvalue weighted by Crippen LogP contribution is -2.43. The van der Waals surface area contributed by atoms with Crippen LogP contribution < -0.4 is 15.9 Å². The van der Waals surface area contributed by atoms with Gasteiger partial charge in [0.05, 0.1) is 6.04 Å². The predicted molar refractivity (Wildman–Crippen MR) is 75.9 cm³/mol. The first kappa shape index (κ1) is 15.9. The first-order valence-corrected chi connectivity index (χ1v) is 8.37. The van der Waals surface area contributed by atoms with E-state index in [0.29, 0.717) is 11.7 Å². The lowest BCUT2D eigenvalue weighted by atomic mass is 10.0. The highest BCUT2D eigenvalue weighted by molar-refractivity contribution is 7.69. The molecule has 1 amide bonds. The second-order valence-corrected chi connectivity index (χ2v) is 7.67. The Hall–Kier alpha value is -1.16. The highest BCUT2D eigenvalue weighted by Gasteiger charge is 2.27. The fourth-order valence-corrected chi connectivity index (χ4v) is 3.56. The molecule has 0 saturated heterocycles. The van der Waals surface area contributed by atoms with Gasteiger partial charge in [0.1, 0.15) is 0 Å². The average Bonchev–Trinajstić information content (AvgIpc) is 2.37. The Kier molecular flexibility index (Phi) is 5.73. The molecule has 0 aromatic heterocycles. The van der Waals surface area contributed by atoms with E-state index in [1.165, 1.54) is 0 Å². The third-order valence-corrected chi connectivity index (χ3v) is 4.87. The van der Waals surface area contributed by atoms with Crippen LogP contribution in [-0.2, 0) is 9.36 Å². The number of nitrogens with one attached hydrogen (secondary N) is 2. The molecule has 0 aliphatic heterocycles. The van der Waals surface area contributed by atoms with E-state index >= 15 is 0 Å². The van der Waals surface area contributed by atoms with Crippen LogP contribution in [0.5, 0.6) is 0 Å². The summed E-state index contributed by atoms with van der Waals surface area (Å²) in [6.45, 7) is 5.51. The molecule has 0 heterocycles. The molecular formula is C13H21N2O3P. The van der Waals surface area contributed by atoms with E-state index in [0.717, 1.165) is 0 Å². The summed E-state index contributed by atoms with van der Waals surface area (Å²) in [4.78, 5) is 11.6. The maximum Gasteiger partial charge on any atom is 0.260 e. The summed E-state index contributed by atoms with van der Waals surface area (Å²) in [5, 5.41) is 12.3. The van der Waals surface area contributed by atoms with Gasteiger partial charge in [-0.25, -0.2) is 5.48 Å². The second kappa shape index (κ2) is 6.85.